The molecule has 4 rings (SSSR count). The second-order valence-corrected chi connectivity index (χ2v) is 6.79. The number of amides is 1. The lowest BCUT2D eigenvalue weighted by Crippen LogP contribution is -2.48. The van der Waals surface area contributed by atoms with E-state index >= 15 is 0 Å². The molecule has 2 aliphatic rings. The van der Waals surface area contributed by atoms with Crippen molar-refractivity contribution in [3.8, 4) is 17.2 Å². The number of hydrogen-bond acceptors (Lipinski definition) is 6. The number of benzene rings is 1. The summed E-state index contributed by atoms with van der Waals surface area (Å²) in [7, 11) is 0. The van der Waals surface area contributed by atoms with Gasteiger partial charge in [-0.2, -0.15) is 4.68 Å². The summed E-state index contributed by atoms with van der Waals surface area (Å²) in [6.45, 7) is 2.93. The molecule has 1 aliphatic heterocycles. The van der Waals surface area contributed by atoms with E-state index in [0.29, 0.717) is 31.2 Å². The minimum absolute atomic E-state index is 0.0172. The molecule has 1 aromatic carbocycles. The summed E-state index contributed by atoms with van der Waals surface area (Å²) in [6, 6.07) is 5.66. The van der Waals surface area contributed by atoms with Gasteiger partial charge in [0, 0.05) is 12.5 Å². The molecule has 1 N–H and O–H groups in total. The molecule has 8 heteroatoms. The summed E-state index contributed by atoms with van der Waals surface area (Å²) in [4.78, 5) is 12.2. The summed E-state index contributed by atoms with van der Waals surface area (Å²) in [5.74, 6) is 2.10. The standard InChI is InChI=1S/C18H23N5O3/c1-2-16(24)19-18(8-4-3-5-9-18)17-20-21-22-23(17)13-6-7-14-15(12-13)26-11-10-25-14/h6-7,12H,2-5,8-11H2,1H3,(H,19,24). The van der Waals surface area contributed by atoms with Crippen molar-refractivity contribution >= 4 is 5.91 Å². The first-order valence-electron chi connectivity index (χ1n) is 9.22. The maximum atomic E-state index is 12.2. The summed E-state index contributed by atoms with van der Waals surface area (Å²) < 4.78 is 13.0. The summed E-state index contributed by atoms with van der Waals surface area (Å²) in [5.41, 5.74) is 0.271. The van der Waals surface area contributed by atoms with Crippen LogP contribution in [0.4, 0.5) is 0 Å². The fourth-order valence-electron chi connectivity index (χ4n) is 3.74. The average Bonchev–Trinajstić information content (AvgIpc) is 3.19. The molecule has 0 radical (unpaired) electrons. The van der Waals surface area contributed by atoms with Gasteiger partial charge in [0.1, 0.15) is 18.8 Å². The molecule has 2 heterocycles. The lowest BCUT2D eigenvalue weighted by molar-refractivity contribution is -0.123. The van der Waals surface area contributed by atoms with Gasteiger partial charge in [0.25, 0.3) is 0 Å². The monoisotopic (exact) mass is 357 g/mol. The predicted octanol–water partition coefficient (Wildman–Crippen LogP) is 2.12. The molecule has 1 fully saturated rings. The first kappa shape index (κ1) is 16.8. The van der Waals surface area contributed by atoms with Crippen molar-refractivity contribution in [3.63, 3.8) is 0 Å². The predicted molar refractivity (Wildman–Crippen MR) is 93.3 cm³/mol. The van der Waals surface area contributed by atoms with Crippen molar-refractivity contribution in [1.82, 2.24) is 25.5 Å². The van der Waals surface area contributed by atoms with E-state index in [-0.39, 0.29) is 5.91 Å². The number of aromatic nitrogens is 4. The van der Waals surface area contributed by atoms with Gasteiger partial charge >= 0.3 is 0 Å². The highest BCUT2D eigenvalue weighted by atomic mass is 16.6. The normalized spacial score (nSPS) is 18.3. The molecule has 2 aromatic rings. The van der Waals surface area contributed by atoms with Crippen molar-refractivity contribution in [2.45, 2.75) is 51.0 Å². The van der Waals surface area contributed by atoms with E-state index in [0.717, 1.165) is 43.5 Å². The third-order valence-electron chi connectivity index (χ3n) is 5.07. The minimum atomic E-state index is -0.526. The third-order valence-corrected chi connectivity index (χ3v) is 5.07. The van der Waals surface area contributed by atoms with Gasteiger partial charge in [-0.25, -0.2) is 0 Å². The minimum Gasteiger partial charge on any atom is -0.486 e. The zero-order chi connectivity index (χ0) is 18.0. The fraction of sp³-hybridized carbons (Fsp3) is 0.556. The highest BCUT2D eigenvalue weighted by Crippen LogP contribution is 2.38. The van der Waals surface area contributed by atoms with Crippen molar-refractivity contribution < 1.29 is 14.3 Å². The van der Waals surface area contributed by atoms with E-state index in [1.807, 2.05) is 25.1 Å². The number of nitrogens with zero attached hydrogens (tertiary/aromatic N) is 4. The molecule has 1 aliphatic carbocycles. The molecule has 0 spiro atoms. The van der Waals surface area contributed by atoms with E-state index in [1.165, 1.54) is 0 Å². The Labute approximate surface area is 151 Å². The Morgan fingerprint density at radius 1 is 1.19 bits per heavy atom. The molecule has 1 saturated carbocycles. The lowest BCUT2D eigenvalue weighted by atomic mass is 9.80. The fourth-order valence-corrected chi connectivity index (χ4v) is 3.74. The van der Waals surface area contributed by atoms with Crippen LogP contribution in [0.15, 0.2) is 18.2 Å². The Hall–Kier alpha value is -2.64. The molecule has 0 atom stereocenters. The number of nitrogens with one attached hydrogen (secondary N) is 1. The number of hydrogen-bond donors (Lipinski definition) is 1. The number of tetrazole rings is 1. The van der Waals surface area contributed by atoms with Crippen molar-refractivity contribution in [3.05, 3.63) is 24.0 Å². The Morgan fingerprint density at radius 2 is 1.96 bits per heavy atom. The van der Waals surface area contributed by atoms with Gasteiger partial charge < -0.3 is 14.8 Å². The van der Waals surface area contributed by atoms with Crippen LogP contribution in [0.2, 0.25) is 0 Å². The molecule has 138 valence electrons. The van der Waals surface area contributed by atoms with Crippen LogP contribution in [0.3, 0.4) is 0 Å². The zero-order valence-corrected chi connectivity index (χ0v) is 14.9. The van der Waals surface area contributed by atoms with Gasteiger partial charge in [-0.05, 0) is 35.4 Å². The van der Waals surface area contributed by atoms with Gasteiger partial charge in [-0.1, -0.05) is 26.2 Å². The maximum Gasteiger partial charge on any atom is 0.220 e. The molecule has 1 amide bonds. The Morgan fingerprint density at radius 3 is 2.73 bits per heavy atom. The van der Waals surface area contributed by atoms with Crippen molar-refractivity contribution in [1.29, 1.82) is 0 Å². The molecular formula is C18H23N5O3. The molecule has 1 aromatic heterocycles. The molecular weight excluding hydrogens is 334 g/mol. The maximum absolute atomic E-state index is 12.2. The topological polar surface area (TPSA) is 91.2 Å². The lowest BCUT2D eigenvalue weighted by Gasteiger charge is -2.36. The SMILES string of the molecule is CCC(=O)NC1(c2nnnn2-c2ccc3c(c2)OCCO3)CCCCC1. The van der Waals surface area contributed by atoms with E-state index < -0.39 is 5.54 Å². The van der Waals surface area contributed by atoms with Crippen LogP contribution in [0.25, 0.3) is 5.69 Å². The number of carbonyl (C=O) groups is 1. The zero-order valence-electron chi connectivity index (χ0n) is 14.9. The molecule has 0 unspecified atom stereocenters. The Kier molecular flexibility index (Phi) is 4.48. The van der Waals surface area contributed by atoms with Crippen LogP contribution in [0.5, 0.6) is 11.5 Å². The van der Waals surface area contributed by atoms with E-state index in [9.17, 15) is 4.79 Å². The first-order valence-corrected chi connectivity index (χ1v) is 9.22. The second-order valence-electron chi connectivity index (χ2n) is 6.79. The van der Waals surface area contributed by atoms with Crippen LogP contribution >= 0.6 is 0 Å². The Balaban J connectivity index is 1.74. The Bertz CT molecular complexity index is 798. The molecule has 8 nitrogen and oxygen atoms in total. The van der Waals surface area contributed by atoms with Gasteiger partial charge in [0.15, 0.2) is 17.3 Å². The summed E-state index contributed by atoms with van der Waals surface area (Å²) in [5, 5.41) is 15.6. The van der Waals surface area contributed by atoms with E-state index in [1.54, 1.807) is 4.68 Å². The highest BCUT2D eigenvalue weighted by Gasteiger charge is 2.40. The largest absolute Gasteiger partial charge is 0.486 e. The van der Waals surface area contributed by atoms with E-state index in [4.69, 9.17) is 9.47 Å². The van der Waals surface area contributed by atoms with Crippen LogP contribution < -0.4 is 14.8 Å². The average molecular weight is 357 g/mol. The van der Waals surface area contributed by atoms with Crippen LogP contribution in [0.1, 0.15) is 51.3 Å². The summed E-state index contributed by atoms with van der Waals surface area (Å²) in [6.07, 6.45) is 5.35. The smallest absolute Gasteiger partial charge is 0.220 e. The second kappa shape index (κ2) is 6.93. The number of rotatable bonds is 4. The van der Waals surface area contributed by atoms with E-state index in [2.05, 4.69) is 20.8 Å². The molecule has 26 heavy (non-hydrogen) atoms. The number of carbonyl (C=O) groups excluding carboxylic acids is 1. The first-order chi connectivity index (χ1) is 12.7. The van der Waals surface area contributed by atoms with Crippen molar-refractivity contribution in [2.24, 2.45) is 0 Å². The van der Waals surface area contributed by atoms with Gasteiger partial charge in [-0.15, -0.1) is 5.10 Å². The number of ether oxygens (including phenoxy) is 2. The molecule has 0 saturated heterocycles. The molecule has 0 bridgehead atoms. The van der Waals surface area contributed by atoms with Gasteiger partial charge in [0.2, 0.25) is 5.91 Å². The quantitative estimate of drug-likeness (QED) is 0.901. The number of fused-ring (bicyclic) bond motifs is 1. The van der Waals surface area contributed by atoms with Gasteiger partial charge in [0.05, 0.1) is 5.69 Å². The van der Waals surface area contributed by atoms with Crippen LogP contribution in [-0.2, 0) is 10.3 Å². The van der Waals surface area contributed by atoms with Crippen LogP contribution in [0, 0.1) is 0 Å². The van der Waals surface area contributed by atoms with Crippen LogP contribution in [-0.4, -0.2) is 39.3 Å². The highest BCUT2D eigenvalue weighted by molar-refractivity contribution is 5.76. The summed E-state index contributed by atoms with van der Waals surface area (Å²) >= 11 is 0. The third kappa shape index (κ3) is 3.00. The van der Waals surface area contributed by atoms with Crippen molar-refractivity contribution in [2.75, 3.05) is 13.2 Å². The van der Waals surface area contributed by atoms with Gasteiger partial charge in [-0.3, -0.25) is 4.79 Å².